The van der Waals surface area contributed by atoms with Gasteiger partial charge in [0.05, 0.1) is 4.92 Å². The molecule has 1 aliphatic rings. The molecule has 1 aliphatic heterocycles. The first-order chi connectivity index (χ1) is 9.56. The minimum absolute atomic E-state index is 0.0628. The number of hydrogen-bond acceptors (Lipinski definition) is 5. The fraction of sp³-hybridized carbons (Fsp3) is 0.538. The fourth-order valence-electron chi connectivity index (χ4n) is 2.23. The molecule has 1 saturated heterocycles. The maximum absolute atomic E-state index is 10.9. The number of hydrogen-bond donors (Lipinski definition) is 1. The molecule has 1 N–H and O–H groups in total. The molecule has 0 bridgehead atoms. The van der Waals surface area contributed by atoms with Gasteiger partial charge in [-0.1, -0.05) is 11.6 Å². The van der Waals surface area contributed by atoms with Crippen LogP contribution >= 0.6 is 11.6 Å². The SMILES string of the molecule is CN1CCN(CCNc2cc(Cl)ccc2[N+](=O)[O-])CC1. The van der Waals surface area contributed by atoms with Crippen LogP contribution in [0.3, 0.4) is 0 Å². The van der Waals surface area contributed by atoms with Crippen LogP contribution in [0.15, 0.2) is 18.2 Å². The van der Waals surface area contributed by atoms with E-state index in [4.69, 9.17) is 11.6 Å². The molecule has 0 aliphatic carbocycles. The summed E-state index contributed by atoms with van der Waals surface area (Å²) < 4.78 is 0. The van der Waals surface area contributed by atoms with Crippen LogP contribution in [-0.2, 0) is 0 Å². The van der Waals surface area contributed by atoms with Crippen LogP contribution in [0, 0.1) is 10.1 Å². The highest BCUT2D eigenvalue weighted by Gasteiger charge is 2.15. The minimum Gasteiger partial charge on any atom is -0.378 e. The lowest BCUT2D eigenvalue weighted by Gasteiger charge is -2.32. The van der Waals surface area contributed by atoms with Gasteiger partial charge in [-0.15, -0.1) is 0 Å². The van der Waals surface area contributed by atoms with Gasteiger partial charge < -0.3 is 10.2 Å². The van der Waals surface area contributed by atoms with E-state index in [9.17, 15) is 10.1 Å². The molecule has 110 valence electrons. The van der Waals surface area contributed by atoms with Crippen molar-refractivity contribution in [3.63, 3.8) is 0 Å². The molecule has 0 amide bonds. The lowest BCUT2D eigenvalue weighted by molar-refractivity contribution is -0.384. The van der Waals surface area contributed by atoms with Gasteiger partial charge in [-0.25, -0.2) is 0 Å². The highest BCUT2D eigenvalue weighted by atomic mass is 35.5. The third kappa shape index (κ3) is 4.06. The van der Waals surface area contributed by atoms with Crippen molar-refractivity contribution in [2.45, 2.75) is 0 Å². The molecule has 0 saturated carbocycles. The lowest BCUT2D eigenvalue weighted by Crippen LogP contribution is -2.45. The lowest BCUT2D eigenvalue weighted by atomic mass is 10.2. The van der Waals surface area contributed by atoms with Crippen molar-refractivity contribution >= 4 is 23.0 Å². The summed E-state index contributed by atoms with van der Waals surface area (Å²) in [5.74, 6) is 0. The van der Waals surface area contributed by atoms with Crippen LogP contribution in [0.25, 0.3) is 0 Å². The maximum Gasteiger partial charge on any atom is 0.292 e. The second-order valence-electron chi connectivity index (χ2n) is 4.99. The number of rotatable bonds is 5. The van der Waals surface area contributed by atoms with Gasteiger partial charge >= 0.3 is 0 Å². The van der Waals surface area contributed by atoms with Crippen LogP contribution < -0.4 is 5.32 Å². The Balaban J connectivity index is 1.87. The first-order valence-electron chi connectivity index (χ1n) is 6.65. The summed E-state index contributed by atoms with van der Waals surface area (Å²) in [6.07, 6.45) is 0. The highest BCUT2D eigenvalue weighted by Crippen LogP contribution is 2.27. The number of nitro groups is 1. The predicted octanol–water partition coefficient (Wildman–Crippen LogP) is 1.91. The summed E-state index contributed by atoms with van der Waals surface area (Å²) in [4.78, 5) is 15.2. The molecular formula is C13H19ClN4O2. The van der Waals surface area contributed by atoms with E-state index in [-0.39, 0.29) is 5.69 Å². The molecule has 1 fully saturated rings. The largest absolute Gasteiger partial charge is 0.378 e. The number of anilines is 1. The maximum atomic E-state index is 10.9. The fourth-order valence-corrected chi connectivity index (χ4v) is 2.40. The van der Waals surface area contributed by atoms with Gasteiger partial charge in [0.25, 0.3) is 5.69 Å². The molecule has 7 heteroatoms. The monoisotopic (exact) mass is 298 g/mol. The van der Waals surface area contributed by atoms with E-state index >= 15 is 0 Å². The van der Waals surface area contributed by atoms with E-state index in [2.05, 4.69) is 22.2 Å². The molecule has 2 rings (SSSR count). The van der Waals surface area contributed by atoms with E-state index < -0.39 is 4.92 Å². The van der Waals surface area contributed by atoms with Gasteiger partial charge in [0.1, 0.15) is 5.69 Å². The summed E-state index contributed by atoms with van der Waals surface area (Å²) in [6, 6.07) is 4.57. The van der Waals surface area contributed by atoms with Crippen molar-refractivity contribution in [2.24, 2.45) is 0 Å². The van der Waals surface area contributed by atoms with Gasteiger partial charge in [0, 0.05) is 50.4 Å². The van der Waals surface area contributed by atoms with Crippen molar-refractivity contribution in [1.82, 2.24) is 9.80 Å². The van der Waals surface area contributed by atoms with Crippen LogP contribution in [0.5, 0.6) is 0 Å². The van der Waals surface area contributed by atoms with E-state index in [1.165, 1.54) is 12.1 Å². The van der Waals surface area contributed by atoms with Gasteiger partial charge in [-0.3, -0.25) is 15.0 Å². The highest BCUT2D eigenvalue weighted by molar-refractivity contribution is 6.31. The number of nitrogens with one attached hydrogen (secondary N) is 1. The van der Waals surface area contributed by atoms with E-state index in [1.54, 1.807) is 6.07 Å². The van der Waals surface area contributed by atoms with Crippen LogP contribution in [0.2, 0.25) is 5.02 Å². The van der Waals surface area contributed by atoms with Crippen LogP contribution in [-0.4, -0.2) is 61.0 Å². The Labute approximate surface area is 123 Å². The number of nitro benzene ring substituents is 1. The Kier molecular flexibility index (Phi) is 5.17. The van der Waals surface area contributed by atoms with Crippen molar-refractivity contribution in [3.8, 4) is 0 Å². The summed E-state index contributed by atoms with van der Waals surface area (Å²) in [5.41, 5.74) is 0.546. The molecular weight excluding hydrogens is 280 g/mol. The van der Waals surface area contributed by atoms with Gasteiger partial charge in [0.15, 0.2) is 0 Å². The molecule has 20 heavy (non-hydrogen) atoms. The third-order valence-electron chi connectivity index (χ3n) is 3.49. The normalized spacial score (nSPS) is 17.1. The Bertz CT molecular complexity index is 475. The standard InChI is InChI=1S/C13H19ClN4O2/c1-16-6-8-17(9-7-16)5-4-15-12-10-11(14)2-3-13(12)18(19)20/h2-3,10,15H,4-9H2,1H3. The summed E-state index contributed by atoms with van der Waals surface area (Å²) in [6.45, 7) is 5.75. The van der Waals surface area contributed by atoms with Crippen molar-refractivity contribution in [2.75, 3.05) is 51.6 Å². The summed E-state index contributed by atoms with van der Waals surface area (Å²) >= 11 is 5.89. The van der Waals surface area contributed by atoms with Crippen molar-refractivity contribution in [3.05, 3.63) is 33.3 Å². The molecule has 0 spiro atoms. The van der Waals surface area contributed by atoms with Gasteiger partial charge in [-0.2, -0.15) is 0 Å². The number of benzene rings is 1. The first kappa shape index (κ1) is 15.0. The predicted molar refractivity (Wildman–Crippen MR) is 80.5 cm³/mol. The van der Waals surface area contributed by atoms with Crippen molar-refractivity contribution in [1.29, 1.82) is 0 Å². The smallest absolute Gasteiger partial charge is 0.292 e. The van der Waals surface area contributed by atoms with Gasteiger partial charge in [0.2, 0.25) is 0 Å². The zero-order valence-corrected chi connectivity index (χ0v) is 12.3. The second-order valence-corrected chi connectivity index (χ2v) is 5.43. The Hall–Kier alpha value is -1.37. The number of likely N-dealkylation sites (N-methyl/N-ethyl adjacent to an activating group) is 1. The van der Waals surface area contributed by atoms with E-state index in [1.807, 2.05) is 0 Å². The average molecular weight is 299 g/mol. The Morgan fingerprint density at radius 3 is 2.70 bits per heavy atom. The van der Waals surface area contributed by atoms with E-state index in [0.29, 0.717) is 17.3 Å². The molecule has 6 nitrogen and oxygen atoms in total. The molecule has 1 aromatic rings. The Morgan fingerprint density at radius 2 is 2.05 bits per heavy atom. The topological polar surface area (TPSA) is 61.6 Å². The molecule has 1 heterocycles. The second kappa shape index (κ2) is 6.88. The van der Waals surface area contributed by atoms with E-state index in [0.717, 1.165) is 32.7 Å². The quantitative estimate of drug-likeness (QED) is 0.664. The zero-order valence-electron chi connectivity index (χ0n) is 11.5. The average Bonchev–Trinajstić information content (AvgIpc) is 2.41. The minimum atomic E-state index is -0.394. The number of piperazine rings is 1. The number of halogens is 1. The molecule has 0 atom stereocenters. The first-order valence-corrected chi connectivity index (χ1v) is 7.03. The van der Waals surface area contributed by atoms with Crippen LogP contribution in [0.4, 0.5) is 11.4 Å². The summed E-state index contributed by atoms with van der Waals surface area (Å²) in [7, 11) is 2.12. The van der Waals surface area contributed by atoms with Crippen LogP contribution in [0.1, 0.15) is 0 Å². The third-order valence-corrected chi connectivity index (χ3v) is 3.73. The number of nitrogens with zero attached hydrogens (tertiary/aromatic N) is 3. The van der Waals surface area contributed by atoms with Crippen molar-refractivity contribution < 1.29 is 4.92 Å². The Morgan fingerprint density at radius 1 is 1.35 bits per heavy atom. The molecule has 0 aromatic heterocycles. The zero-order chi connectivity index (χ0) is 14.5. The summed E-state index contributed by atoms with van der Waals surface area (Å²) in [5, 5.41) is 14.6. The van der Waals surface area contributed by atoms with Gasteiger partial charge in [-0.05, 0) is 19.2 Å². The molecule has 1 aromatic carbocycles. The molecule has 0 unspecified atom stereocenters. The molecule has 0 radical (unpaired) electrons.